The molecule has 68 valence electrons. The van der Waals surface area contributed by atoms with Crippen molar-refractivity contribution in [3.05, 3.63) is 0 Å². The van der Waals surface area contributed by atoms with Gasteiger partial charge in [-0.15, -0.1) is 0 Å². The molecule has 0 aromatic rings. The van der Waals surface area contributed by atoms with Gasteiger partial charge in [0.2, 0.25) is 0 Å². The Labute approximate surface area is 72.6 Å². The summed E-state index contributed by atoms with van der Waals surface area (Å²) in [4.78, 5) is 0. The molecule has 0 aromatic heterocycles. The Morgan fingerprint density at radius 2 is 1.25 bits per heavy atom. The van der Waals surface area contributed by atoms with Crippen LogP contribution in [0.1, 0.15) is 38.5 Å². The van der Waals surface area contributed by atoms with Crippen LogP contribution in [0.5, 0.6) is 0 Å². The van der Waals surface area contributed by atoms with Crippen LogP contribution in [0.15, 0.2) is 0 Å². The van der Waals surface area contributed by atoms with E-state index in [1.54, 1.807) is 0 Å². The second-order valence-electron chi connectivity index (χ2n) is 5.41. The molecule has 0 radical (unpaired) electrons. The van der Waals surface area contributed by atoms with Gasteiger partial charge in [-0.1, -0.05) is 0 Å². The van der Waals surface area contributed by atoms with E-state index in [9.17, 15) is 10.2 Å². The summed E-state index contributed by atoms with van der Waals surface area (Å²) in [5, 5.41) is 20.2. The molecule has 0 aromatic carbocycles. The molecule has 0 heterocycles. The van der Waals surface area contributed by atoms with Gasteiger partial charge >= 0.3 is 0 Å². The van der Waals surface area contributed by atoms with Crippen molar-refractivity contribution in [2.45, 2.75) is 49.7 Å². The third kappa shape index (κ3) is 0.882. The lowest BCUT2D eigenvalue weighted by Gasteiger charge is -2.58. The molecule has 4 bridgehead atoms. The van der Waals surface area contributed by atoms with Crippen LogP contribution in [-0.4, -0.2) is 21.4 Å². The van der Waals surface area contributed by atoms with Crippen LogP contribution in [0.4, 0.5) is 0 Å². The van der Waals surface area contributed by atoms with E-state index in [0.717, 1.165) is 25.7 Å². The zero-order valence-electron chi connectivity index (χ0n) is 7.29. The van der Waals surface area contributed by atoms with Crippen molar-refractivity contribution in [3.63, 3.8) is 0 Å². The topological polar surface area (TPSA) is 40.5 Å². The van der Waals surface area contributed by atoms with Crippen molar-refractivity contribution in [1.82, 2.24) is 0 Å². The fraction of sp³-hybridized carbons (Fsp3) is 1.00. The summed E-state index contributed by atoms with van der Waals surface area (Å²) < 4.78 is 0. The molecule has 0 unspecified atom stereocenters. The monoisotopic (exact) mass is 168 g/mol. The van der Waals surface area contributed by atoms with Gasteiger partial charge in [-0.05, 0) is 43.9 Å². The molecule has 0 atom stereocenters. The first-order valence-electron chi connectivity index (χ1n) is 5.02. The number of hydrogen-bond donors (Lipinski definition) is 2. The van der Waals surface area contributed by atoms with Gasteiger partial charge in [0.1, 0.15) is 0 Å². The van der Waals surface area contributed by atoms with E-state index in [2.05, 4.69) is 0 Å². The summed E-state index contributed by atoms with van der Waals surface area (Å²) in [6, 6.07) is 0. The summed E-state index contributed by atoms with van der Waals surface area (Å²) in [5.41, 5.74) is -0.975. The van der Waals surface area contributed by atoms with Gasteiger partial charge in [0.05, 0.1) is 11.2 Å². The molecule has 4 fully saturated rings. The number of rotatable bonds is 0. The molecule has 2 nitrogen and oxygen atoms in total. The van der Waals surface area contributed by atoms with E-state index >= 15 is 0 Å². The van der Waals surface area contributed by atoms with E-state index in [4.69, 9.17) is 0 Å². The predicted octanol–water partition coefficient (Wildman–Crippen LogP) is 1.06. The maximum absolute atomic E-state index is 10.1. The molecule has 0 amide bonds. The number of hydrogen-bond acceptors (Lipinski definition) is 2. The van der Waals surface area contributed by atoms with Crippen LogP contribution in [0.25, 0.3) is 0 Å². The van der Waals surface area contributed by atoms with Crippen LogP contribution < -0.4 is 0 Å². The van der Waals surface area contributed by atoms with Gasteiger partial charge in [-0.25, -0.2) is 0 Å². The highest BCUT2D eigenvalue weighted by Crippen LogP contribution is 2.57. The Morgan fingerprint density at radius 3 is 1.58 bits per heavy atom. The summed E-state index contributed by atoms with van der Waals surface area (Å²) in [6.07, 6.45) is 5.70. The quantitative estimate of drug-likeness (QED) is 0.568. The summed E-state index contributed by atoms with van der Waals surface area (Å²) >= 11 is 0. The first kappa shape index (κ1) is 7.34. The molecule has 4 rings (SSSR count). The predicted molar refractivity (Wildman–Crippen MR) is 44.6 cm³/mol. The highest BCUT2D eigenvalue weighted by Gasteiger charge is 2.56. The van der Waals surface area contributed by atoms with Crippen molar-refractivity contribution in [2.24, 2.45) is 11.8 Å². The van der Waals surface area contributed by atoms with Crippen molar-refractivity contribution < 1.29 is 10.2 Å². The van der Waals surface area contributed by atoms with E-state index < -0.39 is 11.2 Å². The van der Waals surface area contributed by atoms with E-state index in [0.29, 0.717) is 18.3 Å². The molecular weight excluding hydrogens is 152 g/mol. The minimum absolute atomic E-state index is 0.487. The SMILES string of the molecule is O[C@]12CC3CC(C[C@](O)(C3)C1)C2. The molecule has 4 saturated carbocycles. The smallest absolute Gasteiger partial charge is 0.0680 e. The second kappa shape index (κ2) is 1.88. The minimum Gasteiger partial charge on any atom is -0.390 e. The Bertz CT molecular complexity index is 190. The average Bonchev–Trinajstić information content (AvgIpc) is 1.75. The fourth-order valence-electron chi connectivity index (χ4n) is 4.17. The molecule has 12 heavy (non-hydrogen) atoms. The summed E-state index contributed by atoms with van der Waals surface area (Å²) in [7, 11) is 0. The highest BCUT2D eigenvalue weighted by atomic mass is 16.3. The van der Waals surface area contributed by atoms with Crippen molar-refractivity contribution in [2.75, 3.05) is 0 Å². The lowest BCUT2D eigenvalue weighted by molar-refractivity contribution is -0.198. The molecule has 4 aliphatic rings. The fourth-order valence-corrected chi connectivity index (χ4v) is 4.17. The van der Waals surface area contributed by atoms with Gasteiger partial charge < -0.3 is 10.2 Å². The number of aliphatic hydroxyl groups is 2. The molecule has 0 spiro atoms. The third-order valence-corrected chi connectivity index (χ3v) is 4.00. The Kier molecular flexibility index (Phi) is 1.15. The molecule has 4 aliphatic carbocycles. The summed E-state index contributed by atoms with van der Waals surface area (Å²) in [5.74, 6) is 1.22. The van der Waals surface area contributed by atoms with Crippen LogP contribution in [-0.2, 0) is 0 Å². The summed E-state index contributed by atoms with van der Waals surface area (Å²) in [6.45, 7) is 0. The first-order chi connectivity index (χ1) is 5.57. The lowest BCUT2D eigenvalue weighted by atomic mass is 9.52. The minimum atomic E-state index is -0.487. The maximum atomic E-state index is 10.1. The molecule has 2 heteroatoms. The highest BCUT2D eigenvalue weighted by molar-refractivity contribution is 5.08. The van der Waals surface area contributed by atoms with Crippen molar-refractivity contribution >= 4 is 0 Å². The van der Waals surface area contributed by atoms with Crippen LogP contribution in [0, 0.1) is 11.8 Å². The molecular formula is C10H16O2. The van der Waals surface area contributed by atoms with Crippen LogP contribution in [0.3, 0.4) is 0 Å². The standard InChI is InChI=1S/C10H16O2/c11-9-2-7-1-8(4-9)5-10(12,3-7)6-9/h7-8,11-12H,1-6H2/t7?,8?,9-,10+. The van der Waals surface area contributed by atoms with Crippen LogP contribution >= 0.6 is 0 Å². The van der Waals surface area contributed by atoms with Gasteiger partial charge in [0.25, 0.3) is 0 Å². The lowest BCUT2D eigenvalue weighted by Crippen LogP contribution is -2.58. The van der Waals surface area contributed by atoms with Gasteiger partial charge in [-0.3, -0.25) is 0 Å². The molecule has 0 aliphatic heterocycles. The normalized spacial score (nSPS) is 62.5. The second-order valence-corrected chi connectivity index (χ2v) is 5.41. The Hall–Kier alpha value is -0.0800. The van der Waals surface area contributed by atoms with Crippen molar-refractivity contribution in [1.29, 1.82) is 0 Å². The Balaban J connectivity index is 1.98. The van der Waals surface area contributed by atoms with Crippen molar-refractivity contribution in [3.8, 4) is 0 Å². The van der Waals surface area contributed by atoms with Crippen LogP contribution in [0.2, 0.25) is 0 Å². The van der Waals surface area contributed by atoms with Gasteiger partial charge in [0, 0.05) is 6.42 Å². The first-order valence-corrected chi connectivity index (χ1v) is 5.02. The van der Waals surface area contributed by atoms with Gasteiger partial charge in [0.15, 0.2) is 0 Å². The third-order valence-electron chi connectivity index (χ3n) is 4.00. The average molecular weight is 168 g/mol. The maximum Gasteiger partial charge on any atom is 0.0680 e. The zero-order valence-corrected chi connectivity index (χ0v) is 7.29. The van der Waals surface area contributed by atoms with Gasteiger partial charge in [-0.2, -0.15) is 0 Å². The van der Waals surface area contributed by atoms with E-state index in [1.165, 1.54) is 6.42 Å². The Morgan fingerprint density at radius 1 is 0.833 bits per heavy atom. The largest absolute Gasteiger partial charge is 0.390 e. The molecule has 2 N–H and O–H groups in total. The zero-order chi connectivity index (χ0) is 8.40. The van der Waals surface area contributed by atoms with E-state index in [-0.39, 0.29) is 0 Å². The van der Waals surface area contributed by atoms with E-state index in [1.807, 2.05) is 0 Å². The molecule has 0 saturated heterocycles.